The molecule has 2 aromatic carbocycles. The Labute approximate surface area is 159 Å². The summed E-state index contributed by atoms with van der Waals surface area (Å²) >= 11 is 3.69. The zero-order chi connectivity index (χ0) is 17.9. The van der Waals surface area contributed by atoms with Gasteiger partial charge in [0, 0.05) is 9.86 Å². The van der Waals surface area contributed by atoms with E-state index in [1.807, 2.05) is 6.07 Å². The average molecular weight is 411 g/mol. The van der Waals surface area contributed by atoms with Gasteiger partial charge in [-0.3, -0.25) is 0 Å². The maximum Gasteiger partial charge on any atom is 0.239 e. The molecule has 132 valence electrons. The molecule has 5 nitrogen and oxygen atoms in total. The molecule has 1 N–H and O–H groups in total. The van der Waals surface area contributed by atoms with Crippen LogP contribution in [0.4, 0.5) is 0 Å². The maximum atomic E-state index is 5.87. The number of tetrazole rings is 1. The highest BCUT2D eigenvalue weighted by molar-refractivity contribution is 9.10. The second-order valence-corrected chi connectivity index (χ2v) is 7.25. The highest BCUT2D eigenvalue weighted by atomic mass is 79.9. The summed E-state index contributed by atoms with van der Waals surface area (Å²) in [4.78, 5) is 0. The van der Waals surface area contributed by atoms with Crippen molar-refractivity contribution >= 4 is 26.9 Å². The van der Waals surface area contributed by atoms with Crippen molar-refractivity contribution in [3.63, 3.8) is 0 Å². The van der Waals surface area contributed by atoms with Crippen LogP contribution >= 0.6 is 15.9 Å². The zero-order valence-corrected chi connectivity index (χ0v) is 16.1. The Morgan fingerprint density at radius 2 is 1.81 bits per heavy atom. The minimum absolute atomic E-state index is 0.472. The Balaban J connectivity index is 1.50. The number of H-pyrrole nitrogens is 1. The van der Waals surface area contributed by atoms with E-state index in [0.29, 0.717) is 11.6 Å². The van der Waals surface area contributed by atoms with Crippen molar-refractivity contribution in [2.45, 2.75) is 32.6 Å². The first-order valence-electron chi connectivity index (χ1n) is 8.76. The summed E-state index contributed by atoms with van der Waals surface area (Å²) in [6, 6.07) is 15.0. The molecule has 4 aromatic rings. The number of aromatic nitrogens is 4. The smallest absolute Gasteiger partial charge is 0.239 e. The Morgan fingerprint density at radius 1 is 1.00 bits per heavy atom. The molecule has 2 heterocycles. The number of aromatic amines is 1. The van der Waals surface area contributed by atoms with Gasteiger partial charge >= 0.3 is 0 Å². The maximum absolute atomic E-state index is 5.87. The van der Waals surface area contributed by atoms with Gasteiger partial charge in [-0.05, 0) is 59.4 Å². The predicted molar refractivity (Wildman–Crippen MR) is 105 cm³/mol. The quantitative estimate of drug-likeness (QED) is 0.479. The van der Waals surface area contributed by atoms with Gasteiger partial charge in [-0.1, -0.05) is 53.5 Å². The van der Waals surface area contributed by atoms with E-state index in [4.69, 9.17) is 4.42 Å². The third kappa shape index (κ3) is 3.55. The monoisotopic (exact) mass is 410 g/mol. The number of halogens is 1. The molecule has 0 aliphatic carbocycles. The van der Waals surface area contributed by atoms with Crippen LogP contribution in [0.5, 0.6) is 0 Å². The van der Waals surface area contributed by atoms with Crippen LogP contribution in [0.15, 0.2) is 51.4 Å². The van der Waals surface area contributed by atoms with E-state index < -0.39 is 0 Å². The second-order valence-electron chi connectivity index (χ2n) is 6.39. The van der Waals surface area contributed by atoms with Crippen molar-refractivity contribution in [1.29, 1.82) is 0 Å². The van der Waals surface area contributed by atoms with Crippen molar-refractivity contribution in [2.75, 3.05) is 0 Å². The summed E-state index contributed by atoms with van der Waals surface area (Å²) in [7, 11) is 0. The Hall–Kier alpha value is -2.47. The van der Waals surface area contributed by atoms with E-state index in [0.717, 1.165) is 36.7 Å². The molecular formula is C20H19BrN4O. The van der Waals surface area contributed by atoms with Gasteiger partial charge in [0.15, 0.2) is 5.76 Å². The first-order valence-corrected chi connectivity index (χ1v) is 9.56. The van der Waals surface area contributed by atoms with Crippen molar-refractivity contribution in [3.05, 3.63) is 63.6 Å². The molecule has 0 aliphatic heterocycles. The van der Waals surface area contributed by atoms with Crippen molar-refractivity contribution in [3.8, 4) is 11.6 Å². The lowest BCUT2D eigenvalue weighted by Gasteiger charge is -2.07. The molecule has 0 saturated carbocycles. The van der Waals surface area contributed by atoms with Crippen molar-refractivity contribution in [2.24, 2.45) is 0 Å². The van der Waals surface area contributed by atoms with E-state index in [1.165, 1.54) is 21.2 Å². The molecule has 2 aromatic heterocycles. The standard InChI is InChI=1S/C20H19BrN4O/c1-2-3-15-8-6-13(10-17(15)21)4-5-14-7-9-16-12-19(26-18(16)11-14)20-22-24-25-23-20/h6-12H,2-5H2,1H3,(H,22,23,24,25). The third-order valence-corrected chi connectivity index (χ3v) is 5.23. The molecule has 0 radical (unpaired) electrons. The lowest BCUT2D eigenvalue weighted by Crippen LogP contribution is -1.93. The molecule has 4 rings (SSSR count). The van der Waals surface area contributed by atoms with Gasteiger partial charge in [-0.25, -0.2) is 0 Å². The fourth-order valence-corrected chi connectivity index (χ4v) is 3.74. The molecule has 0 atom stereocenters. The first kappa shape index (κ1) is 17.0. The number of nitrogens with one attached hydrogen (secondary N) is 1. The number of hydrogen-bond acceptors (Lipinski definition) is 4. The Bertz CT molecular complexity index is 1020. The summed E-state index contributed by atoms with van der Waals surface area (Å²) in [6.07, 6.45) is 4.23. The van der Waals surface area contributed by atoms with Crippen LogP contribution < -0.4 is 0 Å². The lowest BCUT2D eigenvalue weighted by molar-refractivity contribution is 0.625. The minimum atomic E-state index is 0.472. The predicted octanol–water partition coefficient (Wildman–Crippen LogP) is 5.11. The molecule has 0 spiro atoms. The Kier molecular flexibility index (Phi) is 4.84. The highest BCUT2D eigenvalue weighted by Gasteiger charge is 2.10. The van der Waals surface area contributed by atoms with Crippen LogP contribution in [-0.2, 0) is 19.3 Å². The van der Waals surface area contributed by atoms with Crippen LogP contribution in [0.25, 0.3) is 22.6 Å². The first-order chi connectivity index (χ1) is 12.7. The van der Waals surface area contributed by atoms with Gasteiger partial charge < -0.3 is 4.42 Å². The molecular weight excluding hydrogens is 392 g/mol. The average Bonchev–Trinajstić information content (AvgIpc) is 3.31. The number of furan rings is 1. The van der Waals surface area contributed by atoms with Crippen LogP contribution in [0, 0.1) is 0 Å². The van der Waals surface area contributed by atoms with Crippen molar-refractivity contribution < 1.29 is 4.42 Å². The van der Waals surface area contributed by atoms with Gasteiger partial charge in [-0.2, -0.15) is 5.21 Å². The van der Waals surface area contributed by atoms with E-state index in [9.17, 15) is 0 Å². The fraction of sp³-hybridized carbons (Fsp3) is 0.250. The topological polar surface area (TPSA) is 67.6 Å². The molecule has 26 heavy (non-hydrogen) atoms. The van der Waals surface area contributed by atoms with E-state index in [-0.39, 0.29) is 0 Å². The molecule has 0 bridgehead atoms. The van der Waals surface area contributed by atoms with Crippen LogP contribution in [0.2, 0.25) is 0 Å². The molecule has 0 unspecified atom stereocenters. The number of hydrogen-bond donors (Lipinski definition) is 1. The largest absolute Gasteiger partial charge is 0.453 e. The number of benzene rings is 2. The summed E-state index contributed by atoms with van der Waals surface area (Å²) in [5.74, 6) is 1.10. The highest BCUT2D eigenvalue weighted by Crippen LogP contribution is 2.27. The zero-order valence-electron chi connectivity index (χ0n) is 14.5. The second kappa shape index (κ2) is 7.41. The molecule has 0 aliphatic rings. The van der Waals surface area contributed by atoms with Crippen LogP contribution in [0.3, 0.4) is 0 Å². The summed E-state index contributed by atoms with van der Waals surface area (Å²) < 4.78 is 7.09. The summed E-state index contributed by atoms with van der Waals surface area (Å²) in [5.41, 5.74) is 4.81. The van der Waals surface area contributed by atoms with Gasteiger partial charge in [-0.15, -0.1) is 10.2 Å². The Morgan fingerprint density at radius 3 is 2.54 bits per heavy atom. The van der Waals surface area contributed by atoms with E-state index >= 15 is 0 Å². The van der Waals surface area contributed by atoms with E-state index in [2.05, 4.69) is 79.9 Å². The van der Waals surface area contributed by atoms with Gasteiger partial charge in [0.2, 0.25) is 5.82 Å². The number of fused-ring (bicyclic) bond motifs is 1. The summed E-state index contributed by atoms with van der Waals surface area (Å²) in [6.45, 7) is 2.20. The van der Waals surface area contributed by atoms with Crippen LogP contribution in [-0.4, -0.2) is 20.6 Å². The lowest BCUT2D eigenvalue weighted by atomic mass is 10.0. The van der Waals surface area contributed by atoms with Gasteiger partial charge in [0.05, 0.1) is 0 Å². The SMILES string of the molecule is CCCc1ccc(CCc2ccc3cc(-c4nn[nH]n4)oc3c2)cc1Br. The number of nitrogens with zero attached hydrogens (tertiary/aromatic N) is 3. The van der Waals surface area contributed by atoms with Gasteiger partial charge in [0.25, 0.3) is 0 Å². The fourth-order valence-electron chi connectivity index (χ4n) is 3.11. The molecule has 0 fully saturated rings. The number of aryl methyl sites for hydroxylation is 3. The summed E-state index contributed by atoms with van der Waals surface area (Å²) in [5, 5.41) is 15.0. The van der Waals surface area contributed by atoms with E-state index in [1.54, 1.807) is 0 Å². The molecule has 0 amide bonds. The minimum Gasteiger partial charge on any atom is -0.453 e. The van der Waals surface area contributed by atoms with Crippen LogP contribution in [0.1, 0.15) is 30.0 Å². The molecule has 6 heteroatoms. The van der Waals surface area contributed by atoms with Gasteiger partial charge in [0.1, 0.15) is 5.58 Å². The third-order valence-electron chi connectivity index (χ3n) is 4.49. The number of rotatable bonds is 6. The normalized spacial score (nSPS) is 11.3. The van der Waals surface area contributed by atoms with Crippen molar-refractivity contribution in [1.82, 2.24) is 20.6 Å². The molecule has 0 saturated heterocycles.